The number of hydrogen-bond donors (Lipinski definition) is 4. The topological polar surface area (TPSA) is 143 Å². The molecular weight excluding hydrogens is 368 g/mol. The Labute approximate surface area is 163 Å². The molecule has 10 nitrogen and oxygen atoms in total. The van der Waals surface area contributed by atoms with Gasteiger partial charge in [-0.05, 0) is 19.3 Å². The Morgan fingerprint density at radius 1 is 1.11 bits per heavy atom. The van der Waals surface area contributed by atoms with Gasteiger partial charge >= 0.3 is 5.97 Å². The molecule has 0 aromatic heterocycles. The van der Waals surface area contributed by atoms with E-state index in [1.54, 1.807) is 27.7 Å². The van der Waals surface area contributed by atoms with Gasteiger partial charge in [0, 0.05) is 0 Å². The van der Waals surface area contributed by atoms with Crippen LogP contribution in [-0.4, -0.2) is 54.8 Å². The maximum Gasteiger partial charge on any atom is 0.328 e. The highest BCUT2D eigenvalue weighted by Crippen LogP contribution is 2.04. The standard InChI is InChI=1S/C18H28N4O6/c1-5-11-16(25)21-12(6-2)18(27)28-8-7-13(23)22-15(10(3)4)17(26)19-9-14(24)20-11/h5,10,12,15H,6-9H2,1-4H3,(H,19,26)(H,20,24)(H,21,25)(H,22,23)/b11-5-. The van der Waals surface area contributed by atoms with Gasteiger partial charge in [0.25, 0.3) is 5.91 Å². The zero-order valence-electron chi connectivity index (χ0n) is 16.6. The fraction of sp³-hybridized carbons (Fsp3) is 0.611. The van der Waals surface area contributed by atoms with Gasteiger partial charge in [-0.1, -0.05) is 26.8 Å². The fourth-order valence-electron chi connectivity index (χ4n) is 2.42. The summed E-state index contributed by atoms with van der Waals surface area (Å²) < 4.78 is 5.06. The van der Waals surface area contributed by atoms with Crippen LogP contribution in [0.4, 0.5) is 0 Å². The molecule has 0 spiro atoms. The van der Waals surface area contributed by atoms with Crippen LogP contribution in [0.5, 0.6) is 0 Å². The number of ether oxygens (including phenoxy) is 1. The lowest BCUT2D eigenvalue weighted by molar-refractivity contribution is -0.148. The summed E-state index contributed by atoms with van der Waals surface area (Å²) in [5.41, 5.74) is -0.0497. The number of allylic oxidation sites excluding steroid dienone is 1. The van der Waals surface area contributed by atoms with Crippen LogP contribution in [0.25, 0.3) is 0 Å². The van der Waals surface area contributed by atoms with E-state index in [0.29, 0.717) is 0 Å². The van der Waals surface area contributed by atoms with E-state index in [1.807, 2.05) is 0 Å². The van der Waals surface area contributed by atoms with Gasteiger partial charge < -0.3 is 26.0 Å². The van der Waals surface area contributed by atoms with Crippen LogP contribution in [0.15, 0.2) is 11.8 Å². The zero-order valence-corrected chi connectivity index (χ0v) is 16.6. The summed E-state index contributed by atoms with van der Waals surface area (Å²) in [7, 11) is 0. The summed E-state index contributed by atoms with van der Waals surface area (Å²) in [5, 5.41) is 9.88. The van der Waals surface area contributed by atoms with Crippen LogP contribution < -0.4 is 21.3 Å². The van der Waals surface area contributed by atoms with Crippen molar-refractivity contribution in [2.75, 3.05) is 13.2 Å². The molecule has 4 N–H and O–H groups in total. The fourth-order valence-corrected chi connectivity index (χ4v) is 2.42. The number of carbonyl (C=O) groups excluding carboxylic acids is 5. The van der Waals surface area contributed by atoms with E-state index in [2.05, 4.69) is 21.3 Å². The Bertz CT molecular complexity index is 658. The minimum absolute atomic E-state index is 0.0497. The Balaban J connectivity index is 3.02. The van der Waals surface area contributed by atoms with E-state index in [0.717, 1.165) is 0 Å². The minimum Gasteiger partial charge on any atom is -0.464 e. The molecule has 2 atom stereocenters. The van der Waals surface area contributed by atoms with Gasteiger partial charge in [-0.15, -0.1) is 0 Å². The van der Waals surface area contributed by atoms with E-state index in [1.165, 1.54) is 6.08 Å². The molecule has 28 heavy (non-hydrogen) atoms. The average Bonchev–Trinajstić information content (AvgIpc) is 2.65. The van der Waals surface area contributed by atoms with Gasteiger partial charge in [-0.3, -0.25) is 19.2 Å². The Hall–Kier alpha value is -2.91. The number of hydrogen-bond acceptors (Lipinski definition) is 6. The molecule has 4 amide bonds. The van der Waals surface area contributed by atoms with Crippen LogP contribution in [-0.2, 0) is 28.7 Å². The van der Waals surface area contributed by atoms with Crippen LogP contribution >= 0.6 is 0 Å². The van der Waals surface area contributed by atoms with E-state index >= 15 is 0 Å². The molecule has 0 saturated carbocycles. The Morgan fingerprint density at radius 3 is 2.36 bits per heavy atom. The lowest BCUT2D eigenvalue weighted by Gasteiger charge is -2.22. The highest BCUT2D eigenvalue weighted by molar-refractivity contribution is 6.00. The zero-order chi connectivity index (χ0) is 21.3. The van der Waals surface area contributed by atoms with Crippen molar-refractivity contribution in [3.8, 4) is 0 Å². The Morgan fingerprint density at radius 2 is 1.79 bits per heavy atom. The summed E-state index contributed by atoms with van der Waals surface area (Å²) in [6.45, 7) is 6.18. The number of esters is 1. The van der Waals surface area contributed by atoms with Crippen LogP contribution in [0.3, 0.4) is 0 Å². The predicted octanol–water partition coefficient (Wildman–Crippen LogP) is -0.895. The quantitative estimate of drug-likeness (QED) is 0.352. The number of nitrogens with one attached hydrogen (secondary N) is 4. The average molecular weight is 396 g/mol. The smallest absolute Gasteiger partial charge is 0.328 e. The van der Waals surface area contributed by atoms with Crippen molar-refractivity contribution < 1.29 is 28.7 Å². The number of amides is 4. The summed E-state index contributed by atoms with van der Waals surface area (Å²) in [4.78, 5) is 60.9. The number of rotatable bonds is 2. The van der Waals surface area contributed by atoms with Crippen LogP contribution in [0, 0.1) is 5.92 Å². The first-order valence-corrected chi connectivity index (χ1v) is 9.20. The van der Waals surface area contributed by atoms with Crippen LogP contribution in [0.1, 0.15) is 40.5 Å². The van der Waals surface area contributed by atoms with E-state index in [9.17, 15) is 24.0 Å². The number of carbonyl (C=O) groups is 5. The molecular formula is C18H28N4O6. The molecule has 1 fully saturated rings. The van der Waals surface area contributed by atoms with E-state index < -0.39 is 41.7 Å². The molecule has 1 aliphatic heterocycles. The first kappa shape index (κ1) is 23.1. The molecule has 1 heterocycles. The normalized spacial score (nSPS) is 24.9. The van der Waals surface area contributed by atoms with Gasteiger partial charge in [0.2, 0.25) is 17.7 Å². The second-order valence-corrected chi connectivity index (χ2v) is 6.61. The van der Waals surface area contributed by atoms with Crippen molar-refractivity contribution in [1.82, 2.24) is 21.3 Å². The molecule has 0 aromatic carbocycles. The third-order valence-electron chi connectivity index (χ3n) is 4.07. The van der Waals surface area contributed by atoms with Gasteiger partial charge in [0.05, 0.1) is 13.0 Å². The molecule has 10 heteroatoms. The van der Waals surface area contributed by atoms with Crippen molar-refractivity contribution in [3.05, 3.63) is 11.8 Å². The van der Waals surface area contributed by atoms with Crippen LogP contribution in [0.2, 0.25) is 0 Å². The molecule has 0 bridgehead atoms. The first-order chi connectivity index (χ1) is 13.2. The second-order valence-electron chi connectivity index (χ2n) is 6.61. The van der Waals surface area contributed by atoms with Crippen molar-refractivity contribution in [2.45, 2.75) is 52.6 Å². The molecule has 2 unspecified atom stereocenters. The van der Waals surface area contributed by atoms with Crippen molar-refractivity contribution in [1.29, 1.82) is 0 Å². The summed E-state index contributed by atoms with van der Waals surface area (Å²) in [5.74, 6) is -3.18. The molecule has 0 aromatic rings. The predicted molar refractivity (Wildman–Crippen MR) is 99.5 cm³/mol. The lowest BCUT2D eigenvalue weighted by Crippen LogP contribution is -2.52. The van der Waals surface area contributed by atoms with Gasteiger partial charge in [0.15, 0.2) is 0 Å². The lowest BCUT2D eigenvalue weighted by atomic mass is 10.0. The number of cyclic esters (lactones) is 1. The monoisotopic (exact) mass is 396 g/mol. The Kier molecular flexibility index (Phi) is 9.13. The first-order valence-electron chi connectivity index (χ1n) is 9.20. The van der Waals surface area contributed by atoms with Gasteiger partial charge in [-0.2, -0.15) is 0 Å². The largest absolute Gasteiger partial charge is 0.464 e. The molecule has 1 rings (SSSR count). The summed E-state index contributed by atoms with van der Waals surface area (Å²) in [6.07, 6.45) is 1.52. The van der Waals surface area contributed by atoms with Gasteiger partial charge in [-0.25, -0.2) is 4.79 Å². The SMILES string of the molecule is C/C=C1\NC(=O)CNC(=O)C(C(C)C)NC(=O)CCOC(=O)C(CC)NC1=O. The van der Waals surface area contributed by atoms with Crippen molar-refractivity contribution in [3.63, 3.8) is 0 Å². The molecule has 0 aliphatic carbocycles. The highest BCUT2D eigenvalue weighted by atomic mass is 16.5. The molecule has 156 valence electrons. The molecule has 1 aliphatic rings. The van der Waals surface area contributed by atoms with Crippen molar-refractivity contribution in [2.24, 2.45) is 5.92 Å². The minimum atomic E-state index is -0.918. The maximum atomic E-state index is 12.3. The second kappa shape index (κ2) is 11.1. The molecule has 0 radical (unpaired) electrons. The third-order valence-corrected chi connectivity index (χ3v) is 4.07. The third kappa shape index (κ3) is 7.01. The highest BCUT2D eigenvalue weighted by Gasteiger charge is 2.26. The molecule has 1 saturated heterocycles. The maximum absolute atomic E-state index is 12.3. The summed E-state index contributed by atoms with van der Waals surface area (Å²) >= 11 is 0. The van der Waals surface area contributed by atoms with E-state index in [-0.39, 0.29) is 37.6 Å². The van der Waals surface area contributed by atoms with Crippen molar-refractivity contribution >= 4 is 29.6 Å². The van der Waals surface area contributed by atoms with E-state index in [4.69, 9.17) is 4.74 Å². The summed E-state index contributed by atoms with van der Waals surface area (Å²) in [6, 6.07) is -1.77. The van der Waals surface area contributed by atoms with Gasteiger partial charge in [0.1, 0.15) is 24.4 Å².